The van der Waals surface area contributed by atoms with E-state index >= 15 is 0 Å². The highest BCUT2D eigenvalue weighted by atomic mass is 35.5. The number of fused-ring (bicyclic) bond motifs is 1. The van der Waals surface area contributed by atoms with Gasteiger partial charge < -0.3 is 0 Å². The number of aromatic nitrogens is 3. The molecule has 2 aromatic heterocycles. The van der Waals surface area contributed by atoms with Gasteiger partial charge in [-0.05, 0) is 74.6 Å². The molecule has 206 valence electrons. The van der Waals surface area contributed by atoms with Crippen LogP contribution in [-0.2, 0) is 21.4 Å². The molecule has 1 fully saturated rings. The van der Waals surface area contributed by atoms with E-state index < -0.39 is 16.1 Å². The van der Waals surface area contributed by atoms with E-state index in [2.05, 4.69) is 25.0 Å². The van der Waals surface area contributed by atoms with Gasteiger partial charge in [0.05, 0.1) is 27.4 Å². The number of thiazole rings is 1. The summed E-state index contributed by atoms with van der Waals surface area (Å²) >= 11 is 7.45. The van der Waals surface area contributed by atoms with Crippen molar-refractivity contribution in [1.82, 2.24) is 19.1 Å². The Morgan fingerprint density at radius 2 is 1.92 bits per heavy atom. The molecule has 5 rings (SSSR count). The maximum atomic E-state index is 14.2. The van der Waals surface area contributed by atoms with Crippen LogP contribution in [0, 0.1) is 13.8 Å². The van der Waals surface area contributed by atoms with Crippen molar-refractivity contribution in [1.29, 1.82) is 0 Å². The zero-order valence-corrected chi connectivity index (χ0v) is 24.9. The molecule has 0 N–H and O–H groups in total. The summed E-state index contributed by atoms with van der Waals surface area (Å²) in [4.78, 5) is 20.9. The van der Waals surface area contributed by atoms with Crippen LogP contribution in [0.15, 0.2) is 53.4 Å². The molecule has 0 aliphatic carbocycles. The Labute approximate surface area is 238 Å². The van der Waals surface area contributed by atoms with Gasteiger partial charge in [-0.1, -0.05) is 48.9 Å². The first-order chi connectivity index (χ1) is 18.6. The summed E-state index contributed by atoms with van der Waals surface area (Å²) in [7, 11) is -3.89. The molecule has 0 bridgehead atoms. The van der Waals surface area contributed by atoms with Crippen molar-refractivity contribution in [3.63, 3.8) is 0 Å². The summed E-state index contributed by atoms with van der Waals surface area (Å²) < 4.78 is 31.4. The number of hydrogen-bond acceptors (Lipinski definition) is 6. The van der Waals surface area contributed by atoms with Gasteiger partial charge in [-0.15, -0.1) is 0 Å². The van der Waals surface area contributed by atoms with Crippen molar-refractivity contribution < 1.29 is 13.2 Å². The van der Waals surface area contributed by atoms with E-state index in [9.17, 15) is 13.2 Å². The summed E-state index contributed by atoms with van der Waals surface area (Å²) in [5.74, 6) is 0.00839. The van der Waals surface area contributed by atoms with Gasteiger partial charge in [-0.2, -0.15) is 9.40 Å². The zero-order chi connectivity index (χ0) is 27.9. The number of halogens is 1. The fraction of sp³-hybridized carbons (Fsp3) is 0.393. The highest BCUT2D eigenvalue weighted by Gasteiger charge is 2.42. The maximum Gasteiger partial charge on any atom is 0.247 e. The molecule has 4 aromatic rings. The number of carbonyl (C=O) groups is 1. The lowest BCUT2D eigenvalue weighted by Crippen LogP contribution is -2.48. The Kier molecular flexibility index (Phi) is 7.83. The average Bonchev–Trinajstić information content (AvgIpc) is 3.62. The van der Waals surface area contributed by atoms with Crippen LogP contribution in [0.25, 0.3) is 10.2 Å². The van der Waals surface area contributed by atoms with E-state index in [4.69, 9.17) is 16.6 Å². The third-order valence-corrected chi connectivity index (χ3v) is 10.3. The first-order valence-electron chi connectivity index (χ1n) is 13.1. The van der Waals surface area contributed by atoms with Crippen LogP contribution in [0.4, 0.5) is 5.13 Å². The van der Waals surface area contributed by atoms with E-state index in [1.165, 1.54) is 27.8 Å². The molecule has 11 heteroatoms. The number of sulfonamides is 1. The van der Waals surface area contributed by atoms with Crippen molar-refractivity contribution in [2.75, 3.05) is 18.0 Å². The Morgan fingerprint density at radius 1 is 1.18 bits per heavy atom. The molecular formula is C28H32ClN5O3S2. The summed E-state index contributed by atoms with van der Waals surface area (Å²) in [6.07, 6.45) is 1.05. The van der Waals surface area contributed by atoms with Crippen LogP contribution < -0.4 is 4.90 Å². The molecular weight excluding hydrogens is 554 g/mol. The average molecular weight is 586 g/mol. The first kappa shape index (κ1) is 27.8. The molecule has 3 heterocycles. The van der Waals surface area contributed by atoms with Gasteiger partial charge >= 0.3 is 0 Å². The van der Waals surface area contributed by atoms with Crippen molar-refractivity contribution in [2.45, 2.75) is 63.9 Å². The maximum absolute atomic E-state index is 14.2. The Hall–Kier alpha value is -2.79. The number of rotatable bonds is 8. The second-order valence-electron chi connectivity index (χ2n) is 10.2. The predicted octanol–water partition coefficient (Wildman–Crippen LogP) is 5.77. The molecule has 1 aliphatic heterocycles. The standard InChI is InChI=1S/C28H32ClN5O3S2/c1-18(2)23-7-5-9-25-26(23)30-28(38-25)32(15-16-33-20(4)17-19(3)31-33)27(35)24-8-6-14-34(24)39(36,37)22-12-10-21(29)11-13-22/h5,7,9-13,17-18,24H,6,8,14-16H2,1-4H3. The van der Waals surface area contributed by atoms with Crippen LogP contribution in [0.5, 0.6) is 0 Å². The highest BCUT2D eigenvalue weighted by molar-refractivity contribution is 7.89. The Morgan fingerprint density at radius 3 is 2.59 bits per heavy atom. The molecule has 0 spiro atoms. The number of amides is 1. The third kappa shape index (κ3) is 5.48. The number of anilines is 1. The molecule has 8 nitrogen and oxygen atoms in total. The van der Waals surface area contributed by atoms with Crippen molar-refractivity contribution in [2.24, 2.45) is 0 Å². The number of carbonyl (C=O) groups excluding carboxylic acids is 1. The SMILES string of the molecule is Cc1cc(C)n(CCN(C(=O)C2CCCN2S(=O)(=O)c2ccc(Cl)cc2)c2nc3c(C(C)C)cccc3s2)n1. The van der Waals surface area contributed by atoms with E-state index in [1.807, 2.05) is 36.7 Å². The van der Waals surface area contributed by atoms with E-state index in [0.717, 1.165) is 27.2 Å². The van der Waals surface area contributed by atoms with Gasteiger partial charge in [-0.3, -0.25) is 14.4 Å². The minimum absolute atomic E-state index is 0.127. The molecule has 1 aliphatic rings. The Balaban J connectivity index is 1.52. The van der Waals surface area contributed by atoms with Crippen LogP contribution >= 0.6 is 22.9 Å². The number of para-hydroxylation sites is 1. The summed E-state index contributed by atoms with van der Waals surface area (Å²) in [5, 5.41) is 5.58. The smallest absolute Gasteiger partial charge is 0.247 e. The van der Waals surface area contributed by atoms with Gasteiger partial charge in [-0.25, -0.2) is 13.4 Å². The van der Waals surface area contributed by atoms with Gasteiger partial charge in [0.25, 0.3) is 0 Å². The molecule has 1 unspecified atom stereocenters. The minimum atomic E-state index is -3.89. The largest absolute Gasteiger partial charge is 0.285 e. The monoisotopic (exact) mass is 585 g/mol. The van der Waals surface area contributed by atoms with E-state index in [0.29, 0.717) is 36.1 Å². The van der Waals surface area contributed by atoms with Crippen LogP contribution in [-0.4, -0.2) is 52.5 Å². The summed E-state index contributed by atoms with van der Waals surface area (Å²) in [6, 6.07) is 13.3. The highest BCUT2D eigenvalue weighted by Crippen LogP contribution is 2.35. The normalized spacial score (nSPS) is 16.4. The van der Waals surface area contributed by atoms with Gasteiger partial charge in [0.15, 0.2) is 5.13 Å². The number of nitrogens with zero attached hydrogens (tertiary/aromatic N) is 5. The van der Waals surface area contributed by atoms with Crippen molar-refractivity contribution >= 4 is 54.2 Å². The quantitative estimate of drug-likeness (QED) is 0.262. The lowest BCUT2D eigenvalue weighted by Gasteiger charge is -2.28. The molecule has 1 saturated heterocycles. The first-order valence-corrected chi connectivity index (χ1v) is 15.7. The molecule has 39 heavy (non-hydrogen) atoms. The molecule has 0 saturated carbocycles. The summed E-state index contributed by atoms with van der Waals surface area (Å²) in [6.45, 7) is 9.23. The second-order valence-corrected chi connectivity index (χ2v) is 13.5. The molecule has 1 amide bonds. The summed E-state index contributed by atoms with van der Waals surface area (Å²) in [5.41, 5.74) is 3.91. The van der Waals surface area contributed by atoms with Gasteiger partial charge in [0.1, 0.15) is 6.04 Å². The van der Waals surface area contributed by atoms with Gasteiger partial charge in [0.2, 0.25) is 15.9 Å². The van der Waals surface area contributed by atoms with E-state index in [1.54, 1.807) is 17.0 Å². The fourth-order valence-corrected chi connectivity index (χ4v) is 7.94. The fourth-order valence-electron chi connectivity index (χ4n) is 5.13. The third-order valence-electron chi connectivity index (χ3n) is 7.11. The van der Waals surface area contributed by atoms with Gasteiger partial charge in [0, 0.05) is 23.8 Å². The number of aryl methyl sites for hydroxylation is 2. The topological polar surface area (TPSA) is 88.4 Å². The van der Waals surface area contributed by atoms with E-state index in [-0.39, 0.29) is 23.3 Å². The van der Waals surface area contributed by atoms with Crippen molar-refractivity contribution in [3.05, 3.63) is 70.5 Å². The molecule has 1 atom stereocenters. The number of benzene rings is 2. The number of hydrogen-bond donors (Lipinski definition) is 0. The lowest BCUT2D eigenvalue weighted by molar-refractivity contribution is -0.121. The minimum Gasteiger partial charge on any atom is -0.285 e. The van der Waals surface area contributed by atoms with Crippen LogP contribution in [0.3, 0.4) is 0 Å². The molecule has 0 radical (unpaired) electrons. The zero-order valence-electron chi connectivity index (χ0n) is 22.5. The predicted molar refractivity (Wildman–Crippen MR) is 156 cm³/mol. The lowest BCUT2D eigenvalue weighted by atomic mass is 10.0. The van der Waals surface area contributed by atoms with Crippen molar-refractivity contribution in [3.8, 4) is 0 Å². The Bertz CT molecular complexity index is 1610. The van der Waals surface area contributed by atoms with Crippen LogP contribution in [0.2, 0.25) is 5.02 Å². The second kappa shape index (κ2) is 11.0. The van der Waals surface area contributed by atoms with Crippen LogP contribution in [0.1, 0.15) is 49.6 Å². The molecule has 2 aromatic carbocycles.